The van der Waals surface area contributed by atoms with Gasteiger partial charge in [0.2, 0.25) is 12.7 Å². The molecule has 0 spiro atoms. The van der Waals surface area contributed by atoms with Gasteiger partial charge in [-0.15, -0.1) is 0 Å². The molecule has 1 heterocycles. The molecule has 0 aromatic carbocycles. The zero-order valence-electron chi connectivity index (χ0n) is 12.3. The van der Waals surface area contributed by atoms with E-state index in [1.165, 1.54) is 38.5 Å². The number of pyridine rings is 1. The molecule has 0 aliphatic heterocycles. The molecule has 4 heteroatoms. The first kappa shape index (κ1) is 13.1. The molecule has 1 aromatic heterocycles. The van der Waals surface area contributed by atoms with Crippen molar-refractivity contribution in [2.75, 3.05) is 0 Å². The number of nitrogens with zero attached hydrogens (tertiary/aromatic N) is 1. The van der Waals surface area contributed by atoms with Gasteiger partial charge in [-0.05, 0) is 62.3 Å². The van der Waals surface area contributed by atoms with Gasteiger partial charge in [0.25, 0.3) is 5.91 Å². The number of carbonyl (C=O) groups is 1. The normalized spacial score (nSPS) is 36.7. The molecule has 0 radical (unpaired) electrons. The van der Waals surface area contributed by atoms with Crippen molar-refractivity contribution in [1.29, 1.82) is 0 Å². The standard InChI is InChI=1S/C17H22N2O2/c20-15-2-1-3-19(10-15)11-16(21)18-17-7-12-4-13(8-17)6-14(5-12)9-17/h1-3,10,12-14H,4-9,11H2,(H-,18,20,21)/p+1. The highest BCUT2D eigenvalue weighted by atomic mass is 16.3. The molecule has 5 rings (SSSR count). The second kappa shape index (κ2) is 4.72. The number of carbonyl (C=O) groups excluding carboxylic acids is 1. The summed E-state index contributed by atoms with van der Waals surface area (Å²) in [4.78, 5) is 12.4. The van der Waals surface area contributed by atoms with E-state index in [-0.39, 0.29) is 23.7 Å². The van der Waals surface area contributed by atoms with Gasteiger partial charge in [0.1, 0.15) is 0 Å². The SMILES string of the molecule is O=C(C[n+]1cccc(O)c1)NC12CC3CC(CC(C3)C1)C2. The third-order valence-corrected chi connectivity index (χ3v) is 5.61. The number of rotatable bonds is 3. The molecule has 2 N–H and O–H groups in total. The lowest BCUT2D eigenvalue weighted by molar-refractivity contribution is -0.684. The molecule has 0 unspecified atom stereocenters. The van der Waals surface area contributed by atoms with Gasteiger partial charge in [0.15, 0.2) is 11.9 Å². The zero-order valence-corrected chi connectivity index (χ0v) is 12.3. The maximum Gasteiger partial charge on any atom is 0.286 e. The summed E-state index contributed by atoms with van der Waals surface area (Å²) in [6.07, 6.45) is 11.1. The summed E-state index contributed by atoms with van der Waals surface area (Å²) in [5, 5.41) is 12.8. The highest BCUT2D eigenvalue weighted by Gasteiger charge is 2.51. The zero-order chi connectivity index (χ0) is 14.4. The van der Waals surface area contributed by atoms with Crippen molar-refractivity contribution >= 4 is 5.91 Å². The van der Waals surface area contributed by atoms with E-state index in [0.29, 0.717) is 0 Å². The first-order valence-corrected chi connectivity index (χ1v) is 8.09. The molecule has 4 aliphatic rings. The van der Waals surface area contributed by atoms with E-state index in [1.54, 1.807) is 22.9 Å². The van der Waals surface area contributed by atoms with Crippen LogP contribution in [0.5, 0.6) is 5.75 Å². The lowest BCUT2D eigenvalue weighted by Crippen LogP contribution is -2.61. The molecular weight excluding hydrogens is 264 g/mol. The second-order valence-electron chi connectivity index (χ2n) is 7.48. The predicted molar refractivity (Wildman–Crippen MR) is 77.3 cm³/mol. The topological polar surface area (TPSA) is 53.2 Å². The predicted octanol–water partition coefficient (Wildman–Crippen LogP) is 1.76. The minimum absolute atomic E-state index is 0.0726. The average molecular weight is 287 g/mol. The van der Waals surface area contributed by atoms with Crippen molar-refractivity contribution in [3.05, 3.63) is 24.5 Å². The van der Waals surface area contributed by atoms with E-state index in [2.05, 4.69) is 5.32 Å². The molecule has 0 saturated heterocycles. The molecule has 4 bridgehead atoms. The number of nitrogens with one attached hydrogen (secondary N) is 1. The summed E-state index contributed by atoms with van der Waals surface area (Å²) in [5.41, 5.74) is 0.0726. The van der Waals surface area contributed by atoms with Crippen molar-refractivity contribution in [3.63, 3.8) is 0 Å². The number of amides is 1. The molecule has 0 atom stereocenters. The Morgan fingerprint density at radius 3 is 2.43 bits per heavy atom. The van der Waals surface area contributed by atoms with Gasteiger partial charge in [0, 0.05) is 11.6 Å². The van der Waals surface area contributed by atoms with Gasteiger partial charge in [-0.3, -0.25) is 4.79 Å². The van der Waals surface area contributed by atoms with Crippen molar-refractivity contribution < 1.29 is 14.5 Å². The van der Waals surface area contributed by atoms with Crippen molar-refractivity contribution in [2.45, 2.75) is 50.6 Å². The Morgan fingerprint density at radius 2 is 1.86 bits per heavy atom. The van der Waals surface area contributed by atoms with Gasteiger partial charge in [-0.25, -0.2) is 0 Å². The smallest absolute Gasteiger partial charge is 0.286 e. The Morgan fingerprint density at radius 1 is 1.24 bits per heavy atom. The van der Waals surface area contributed by atoms with Crippen LogP contribution in [0.1, 0.15) is 38.5 Å². The number of aromatic nitrogens is 1. The fourth-order valence-electron chi connectivity index (χ4n) is 5.37. The van der Waals surface area contributed by atoms with Gasteiger partial charge in [-0.2, -0.15) is 4.57 Å². The van der Waals surface area contributed by atoms with Crippen LogP contribution in [0.15, 0.2) is 24.5 Å². The maximum atomic E-state index is 12.4. The molecule has 21 heavy (non-hydrogen) atoms. The summed E-state index contributed by atoms with van der Waals surface area (Å²) >= 11 is 0. The quantitative estimate of drug-likeness (QED) is 0.832. The van der Waals surface area contributed by atoms with Gasteiger partial charge in [-0.1, -0.05) is 0 Å². The van der Waals surface area contributed by atoms with Crippen LogP contribution in [-0.2, 0) is 11.3 Å². The van der Waals surface area contributed by atoms with Gasteiger partial charge >= 0.3 is 0 Å². The van der Waals surface area contributed by atoms with Gasteiger partial charge in [0.05, 0.1) is 0 Å². The van der Waals surface area contributed by atoms with E-state index >= 15 is 0 Å². The van der Waals surface area contributed by atoms with Crippen LogP contribution >= 0.6 is 0 Å². The third kappa shape index (κ3) is 2.52. The van der Waals surface area contributed by atoms with Crippen molar-refractivity contribution in [1.82, 2.24) is 5.32 Å². The van der Waals surface area contributed by atoms with Crippen molar-refractivity contribution in [3.8, 4) is 5.75 Å². The van der Waals surface area contributed by atoms with Crippen LogP contribution in [0, 0.1) is 17.8 Å². The number of hydrogen-bond acceptors (Lipinski definition) is 2. The van der Waals surface area contributed by atoms with E-state index in [0.717, 1.165) is 17.8 Å². The lowest BCUT2D eigenvalue weighted by atomic mass is 9.53. The Kier molecular flexibility index (Phi) is 2.95. The van der Waals surface area contributed by atoms with E-state index in [1.807, 2.05) is 6.20 Å². The molecule has 4 fully saturated rings. The van der Waals surface area contributed by atoms with Crippen LogP contribution in [0.2, 0.25) is 0 Å². The molecule has 112 valence electrons. The number of hydrogen-bond donors (Lipinski definition) is 2. The van der Waals surface area contributed by atoms with Crippen LogP contribution in [-0.4, -0.2) is 16.6 Å². The lowest BCUT2D eigenvalue weighted by Gasteiger charge is -2.56. The average Bonchev–Trinajstić information content (AvgIpc) is 2.35. The molecule has 4 saturated carbocycles. The summed E-state index contributed by atoms with van der Waals surface area (Å²) in [6.45, 7) is 0.288. The summed E-state index contributed by atoms with van der Waals surface area (Å²) < 4.78 is 1.74. The molecular formula is C17H23N2O2+. The Labute approximate surface area is 125 Å². The van der Waals surface area contributed by atoms with E-state index < -0.39 is 0 Å². The minimum Gasteiger partial charge on any atom is -0.503 e. The molecule has 1 aromatic rings. The van der Waals surface area contributed by atoms with Crippen LogP contribution in [0.3, 0.4) is 0 Å². The Hall–Kier alpha value is -1.58. The molecule has 4 nitrogen and oxygen atoms in total. The monoisotopic (exact) mass is 287 g/mol. The van der Waals surface area contributed by atoms with Crippen LogP contribution in [0.4, 0.5) is 0 Å². The fourth-order valence-corrected chi connectivity index (χ4v) is 5.37. The summed E-state index contributed by atoms with van der Waals surface area (Å²) in [6, 6.07) is 3.38. The van der Waals surface area contributed by atoms with E-state index in [9.17, 15) is 9.90 Å². The Bertz CT molecular complexity index is 534. The first-order chi connectivity index (χ1) is 10.1. The second-order valence-corrected chi connectivity index (χ2v) is 7.48. The van der Waals surface area contributed by atoms with E-state index in [4.69, 9.17) is 0 Å². The number of aromatic hydroxyl groups is 1. The highest BCUT2D eigenvalue weighted by Crippen LogP contribution is 2.55. The van der Waals surface area contributed by atoms with Crippen LogP contribution in [0.25, 0.3) is 0 Å². The van der Waals surface area contributed by atoms with Gasteiger partial charge < -0.3 is 10.4 Å². The van der Waals surface area contributed by atoms with Crippen LogP contribution < -0.4 is 9.88 Å². The fraction of sp³-hybridized carbons (Fsp3) is 0.647. The summed E-state index contributed by atoms with van der Waals surface area (Å²) in [7, 11) is 0. The molecule has 4 aliphatic carbocycles. The highest BCUT2D eigenvalue weighted by molar-refractivity contribution is 5.75. The molecule has 1 amide bonds. The maximum absolute atomic E-state index is 12.4. The first-order valence-electron chi connectivity index (χ1n) is 8.09. The minimum atomic E-state index is 0.0726. The van der Waals surface area contributed by atoms with Crippen molar-refractivity contribution in [2.24, 2.45) is 17.8 Å². The Balaban J connectivity index is 1.45. The largest absolute Gasteiger partial charge is 0.503 e. The summed E-state index contributed by atoms with van der Waals surface area (Å²) in [5.74, 6) is 2.78. The third-order valence-electron chi connectivity index (χ3n) is 5.61.